The van der Waals surface area contributed by atoms with Gasteiger partial charge in [-0.3, -0.25) is 9.59 Å². The number of anilines is 1. The Morgan fingerprint density at radius 3 is 2.48 bits per heavy atom. The van der Waals surface area contributed by atoms with Gasteiger partial charge < -0.3 is 15.0 Å². The van der Waals surface area contributed by atoms with Crippen LogP contribution in [0.1, 0.15) is 23.7 Å². The second-order valence-electron chi connectivity index (χ2n) is 5.90. The van der Waals surface area contributed by atoms with Crippen LogP contribution < -0.4 is 10.1 Å². The van der Waals surface area contributed by atoms with Crippen LogP contribution in [0.15, 0.2) is 18.2 Å². The van der Waals surface area contributed by atoms with E-state index >= 15 is 0 Å². The summed E-state index contributed by atoms with van der Waals surface area (Å²) in [6.45, 7) is 2.81. The number of amides is 2. The fourth-order valence-electron chi connectivity index (χ4n) is 2.75. The molecule has 0 spiro atoms. The monoisotopic (exact) mass is 369 g/mol. The summed E-state index contributed by atoms with van der Waals surface area (Å²) in [6, 6.07) is 4.85. The molecule has 138 valence electrons. The average Bonchev–Trinajstić information content (AvgIpc) is 2.79. The first kappa shape index (κ1) is 19.2. The third-order valence-corrected chi connectivity index (χ3v) is 5.26. The van der Waals surface area contributed by atoms with E-state index in [0.29, 0.717) is 43.1 Å². The van der Waals surface area contributed by atoms with E-state index in [1.165, 1.54) is 24.6 Å². The third kappa shape index (κ3) is 4.93. The maximum atomic E-state index is 12.9. The summed E-state index contributed by atoms with van der Waals surface area (Å²) in [7, 11) is -1.80. The van der Waals surface area contributed by atoms with Gasteiger partial charge in [-0.2, -0.15) is 0 Å². The molecule has 1 heterocycles. The molecule has 0 radical (unpaired) electrons. The quantitative estimate of drug-likeness (QED) is 0.845. The van der Waals surface area contributed by atoms with Crippen molar-refractivity contribution in [3.8, 4) is 5.75 Å². The van der Waals surface area contributed by atoms with Gasteiger partial charge in [-0.15, -0.1) is 0 Å². The third-order valence-electron chi connectivity index (χ3n) is 3.96. The lowest BCUT2D eigenvalue weighted by atomic mass is 10.1. The lowest BCUT2D eigenvalue weighted by Gasteiger charge is -2.22. The molecule has 0 bridgehead atoms. The number of methoxy groups -OCH3 is 1. The largest absolute Gasteiger partial charge is 0.496 e. The van der Waals surface area contributed by atoms with Crippen LogP contribution in [0.25, 0.3) is 0 Å². The standard InChI is InChI=1S/C16H23N3O5S/c1-12(20)17-13-5-6-15(24-2)14(11-13)16(21)18-7-4-8-19(10-9-18)25(3,22)23/h5-6,11H,4,7-10H2,1-3H3,(H,17,20). The molecule has 2 amide bonds. The lowest BCUT2D eigenvalue weighted by Crippen LogP contribution is -2.37. The van der Waals surface area contributed by atoms with Crippen molar-refractivity contribution in [2.75, 3.05) is 44.9 Å². The van der Waals surface area contributed by atoms with E-state index in [-0.39, 0.29) is 18.4 Å². The molecule has 0 atom stereocenters. The van der Waals surface area contributed by atoms with Crippen LogP contribution in [0.3, 0.4) is 0 Å². The van der Waals surface area contributed by atoms with Crippen molar-refractivity contribution in [3.63, 3.8) is 0 Å². The highest BCUT2D eigenvalue weighted by molar-refractivity contribution is 7.88. The molecule has 1 aromatic carbocycles. The molecule has 9 heteroatoms. The molecule has 8 nitrogen and oxygen atoms in total. The molecule has 1 saturated heterocycles. The second-order valence-corrected chi connectivity index (χ2v) is 7.89. The second kappa shape index (κ2) is 7.83. The molecule has 2 rings (SSSR count). The molecular weight excluding hydrogens is 346 g/mol. The van der Waals surface area contributed by atoms with Gasteiger partial charge in [0.15, 0.2) is 0 Å². The van der Waals surface area contributed by atoms with Gasteiger partial charge in [-0.05, 0) is 24.6 Å². The molecule has 1 aliphatic heterocycles. The van der Waals surface area contributed by atoms with E-state index in [4.69, 9.17) is 4.74 Å². The van der Waals surface area contributed by atoms with Gasteiger partial charge in [0.25, 0.3) is 5.91 Å². The number of carbonyl (C=O) groups is 2. The highest BCUT2D eigenvalue weighted by Gasteiger charge is 2.26. The van der Waals surface area contributed by atoms with Crippen molar-refractivity contribution >= 4 is 27.5 Å². The van der Waals surface area contributed by atoms with E-state index < -0.39 is 10.0 Å². The lowest BCUT2D eigenvalue weighted by molar-refractivity contribution is -0.114. The van der Waals surface area contributed by atoms with E-state index in [2.05, 4.69) is 5.32 Å². The minimum absolute atomic E-state index is 0.234. The fraction of sp³-hybridized carbons (Fsp3) is 0.500. The summed E-state index contributed by atoms with van der Waals surface area (Å²) in [4.78, 5) is 25.7. The maximum absolute atomic E-state index is 12.9. The highest BCUT2D eigenvalue weighted by atomic mass is 32.2. The van der Waals surface area contributed by atoms with Gasteiger partial charge in [0, 0.05) is 38.8 Å². The van der Waals surface area contributed by atoms with Gasteiger partial charge >= 0.3 is 0 Å². The topological polar surface area (TPSA) is 96.0 Å². The van der Waals surface area contributed by atoms with Gasteiger partial charge in [-0.25, -0.2) is 12.7 Å². The summed E-state index contributed by atoms with van der Waals surface area (Å²) in [6.07, 6.45) is 1.73. The number of carbonyl (C=O) groups excluding carboxylic acids is 2. The average molecular weight is 369 g/mol. The molecule has 1 aromatic rings. The number of benzene rings is 1. The predicted molar refractivity (Wildman–Crippen MR) is 94.2 cm³/mol. The SMILES string of the molecule is COc1ccc(NC(C)=O)cc1C(=O)N1CCCN(S(C)(=O)=O)CC1. The summed E-state index contributed by atoms with van der Waals surface area (Å²) in [5.74, 6) is -0.0788. The molecule has 1 fully saturated rings. The van der Waals surface area contributed by atoms with Crippen molar-refractivity contribution in [1.29, 1.82) is 0 Å². The van der Waals surface area contributed by atoms with E-state index in [1.54, 1.807) is 23.1 Å². The van der Waals surface area contributed by atoms with Crippen LogP contribution >= 0.6 is 0 Å². The van der Waals surface area contributed by atoms with Crippen molar-refractivity contribution in [1.82, 2.24) is 9.21 Å². The minimum Gasteiger partial charge on any atom is -0.496 e. The van der Waals surface area contributed by atoms with E-state index in [9.17, 15) is 18.0 Å². The number of sulfonamides is 1. The van der Waals surface area contributed by atoms with Gasteiger partial charge in [0.2, 0.25) is 15.9 Å². The Labute approximate surface area is 147 Å². The number of rotatable bonds is 4. The Bertz CT molecular complexity index is 763. The van der Waals surface area contributed by atoms with Crippen molar-refractivity contribution < 1.29 is 22.7 Å². The van der Waals surface area contributed by atoms with Crippen molar-refractivity contribution in [3.05, 3.63) is 23.8 Å². The molecule has 1 N–H and O–H groups in total. The predicted octanol–water partition coefficient (Wildman–Crippen LogP) is 0.761. The molecular formula is C16H23N3O5S. The molecule has 1 aliphatic rings. The number of hydrogen-bond donors (Lipinski definition) is 1. The Kier molecular flexibility index (Phi) is 6.02. The molecule has 0 saturated carbocycles. The maximum Gasteiger partial charge on any atom is 0.257 e. The van der Waals surface area contributed by atoms with Gasteiger partial charge in [-0.1, -0.05) is 0 Å². The Balaban J connectivity index is 2.23. The zero-order chi connectivity index (χ0) is 18.6. The Morgan fingerprint density at radius 2 is 1.88 bits per heavy atom. The van der Waals surface area contributed by atoms with Crippen LogP contribution in [-0.2, 0) is 14.8 Å². The first-order valence-corrected chi connectivity index (χ1v) is 9.77. The first-order valence-electron chi connectivity index (χ1n) is 7.92. The van der Waals surface area contributed by atoms with Gasteiger partial charge in [0.05, 0.1) is 18.9 Å². The van der Waals surface area contributed by atoms with Crippen LogP contribution in [-0.4, -0.2) is 69.0 Å². The summed E-state index contributed by atoms with van der Waals surface area (Å²) >= 11 is 0. The number of ether oxygens (including phenoxy) is 1. The zero-order valence-corrected chi connectivity index (χ0v) is 15.4. The minimum atomic E-state index is -3.27. The molecule has 0 aliphatic carbocycles. The number of hydrogen-bond acceptors (Lipinski definition) is 5. The number of nitrogens with zero attached hydrogens (tertiary/aromatic N) is 2. The summed E-state index contributed by atoms with van der Waals surface area (Å²) < 4.78 is 30.0. The smallest absolute Gasteiger partial charge is 0.257 e. The fourth-order valence-corrected chi connectivity index (χ4v) is 3.63. The summed E-state index contributed by atoms with van der Waals surface area (Å²) in [5, 5.41) is 2.64. The highest BCUT2D eigenvalue weighted by Crippen LogP contribution is 2.25. The van der Waals surface area contributed by atoms with Crippen LogP contribution in [0, 0.1) is 0 Å². The molecule has 0 aromatic heterocycles. The normalized spacial score (nSPS) is 16.2. The zero-order valence-electron chi connectivity index (χ0n) is 14.6. The van der Waals surface area contributed by atoms with Crippen LogP contribution in [0.2, 0.25) is 0 Å². The summed E-state index contributed by atoms with van der Waals surface area (Å²) in [5.41, 5.74) is 0.839. The molecule has 0 unspecified atom stereocenters. The van der Waals surface area contributed by atoms with Gasteiger partial charge in [0.1, 0.15) is 5.75 Å². The molecule has 25 heavy (non-hydrogen) atoms. The first-order chi connectivity index (χ1) is 11.7. The van der Waals surface area contributed by atoms with Crippen molar-refractivity contribution in [2.45, 2.75) is 13.3 Å². The van der Waals surface area contributed by atoms with Crippen LogP contribution in [0.5, 0.6) is 5.75 Å². The van der Waals surface area contributed by atoms with E-state index in [0.717, 1.165) is 0 Å². The van der Waals surface area contributed by atoms with E-state index in [1.807, 2.05) is 0 Å². The Hall–Kier alpha value is -2.13. The van der Waals surface area contributed by atoms with Crippen LogP contribution in [0.4, 0.5) is 5.69 Å². The number of nitrogens with one attached hydrogen (secondary N) is 1. The Morgan fingerprint density at radius 1 is 1.16 bits per heavy atom. The van der Waals surface area contributed by atoms with Crippen molar-refractivity contribution in [2.24, 2.45) is 0 Å².